The molecule has 0 saturated heterocycles. The number of amides is 1. The third-order valence-electron chi connectivity index (χ3n) is 2.79. The first-order valence-corrected chi connectivity index (χ1v) is 6.88. The molecule has 100 valence electrons. The summed E-state index contributed by atoms with van der Waals surface area (Å²) in [5.41, 5.74) is 2.13. The van der Waals surface area contributed by atoms with Gasteiger partial charge < -0.3 is 0 Å². The minimum Gasteiger partial charge on any atom is -0.298 e. The van der Waals surface area contributed by atoms with Crippen molar-refractivity contribution in [1.82, 2.24) is 15.2 Å². The predicted octanol–water partition coefficient (Wildman–Crippen LogP) is 3.09. The lowest BCUT2D eigenvalue weighted by molar-refractivity contribution is 0.102. The van der Waals surface area contributed by atoms with Crippen molar-refractivity contribution in [1.29, 1.82) is 0 Å². The van der Waals surface area contributed by atoms with Crippen LogP contribution >= 0.6 is 11.3 Å². The maximum Gasteiger partial charge on any atom is 0.261 e. The molecule has 3 rings (SSSR count). The first-order valence-electron chi connectivity index (χ1n) is 6.06. The van der Waals surface area contributed by atoms with Crippen LogP contribution in [0.15, 0.2) is 42.7 Å². The Morgan fingerprint density at radius 3 is 2.75 bits per heavy atom. The Kier molecular flexibility index (Phi) is 3.30. The Labute approximate surface area is 119 Å². The van der Waals surface area contributed by atoms with Crippen LogP contribution in [0.5, 0.6) is 0 Å². The number of H-pyrrole nitrogens is 1. The van der Waals surface area contributed by atoms with Gasteiger partial charge in [0.25, 0.3) is 5.91 Å². The number of hydrogen-bond donors (Lipinski definition) is 2. The highest BCUT2D eigenvalue weighted by molar-refractivity contribution is 7.15. The Morgan fingerprint density at radius 1 is 1.25 bits per heavy atom. The molecule has 0 unspecified atom stereocenters. The van der Waals surface area contributed by atoms with Crippen LogP contribution < -0.4 is 5.32 Å². The Hall–Kier alpha value is -2.47. The molecule has 0 aliphatic carbocycles. The molecule has 1 amide bonds. The Bertz CT molecular complexity index is 732. The van der Waals surface area contributed by atoms with Gasteiger partial charge in [0.1, 0.15) is 0 Å². The van der Waals surface area contributed by atoms with Crippen molar-refractivity contribution >= 4 is 22.4 Å². The summed E-state index contributed by atoms with van der Waals surface area (Å²) >= 11 is 1.44. The van der Waals surface area contributed by atoms with Crippen LogP contribution in [0.25, 0.3) is 11.3 Å². The number of nitrogens with one attached hydrogen (secondary N) is 2. The number of nitrogens with zero attached hydrogens (tertiary/aromatic N) is 2. The smallest absolute Gasteiger partial charge is 0.261 e. The molecule has 0 fully saturated rings. The zero-order chi connectivity index (χ0) is 13.9. The summed E-state index contributed by atoms with van der Waals surface area (Å²) in [6.07, 6.45) is 3.26. The lowest BCUT2D eigenvalue weighted by Crippen LogP contribution is -2.11. The number of benzene rings is 1. The molecule has 0 saturated carbocycles. The summed E-state index contributed by atoms with van der Waals surface area (Å²) in [7, 11) is 0. The van der Waals surface area contributed by atoms with Gasteiger partial charge in [0.2, 0.25) is 0 Å². The molecular weight excluding hydrogens is 272 g/mol. The Balaban J connectivity index is 1.88. The van der Waals surface area contributed by atoms with Crippen molar-refractivity contribution < 1.29 is 4.79 Å². The number of hydrogen-bond acceptors (Lipinski definition) is 4. The number of anilines is 1. The molecule has 1 aromatic carbocycles. The largest absolute Gasteiger partial charge is 0.298 e. The zero-order valence-electron chi connectivity index (χ0n) is 10.8. The third kappa shape index (κ3) is 2.46. The second kappa shape index (κ2) is 5.26. The van der Waals surface area contributed by atoms with Crippen LogP contribution in [0.2, 0.25) is 0 Å². The van der Waals surface area contributed by atoms with E-state index in [1.165, 1.54) is 17.5 Å². The highest BCUT2D eigenvalue weighted by Gasteiger charge is 2.16. The van der Waals surface area contributed by atoms with Crippen LogP contribution in [-0.2, 0) is 0 Å². The lowest BCUT2D eigenvalue weighted by atomic mass is 10.1. The minimum absolute atomic E-state index is 0.216. The number of rotatable bonds is 3. The van der Waals surface area contributed by atoms with Crippen LogP contribution in [-0.4, -0.2) is 21.1 Å². The van der Waals surface area contributed by atoms with Gasteiger partial charge in [-0.05, 0) is 6.92 Å². The highest BCUT2D eigenvalue weighted by atomic mass is 32.1. The van der Waals surface area contributed by atoms with Gasteiger partial charge >= 0.3 is 0 Å². The standard InChI is InChI=1S/C14H12N4OS/c1-9-7-15-14(20-9)17-13(19)11-8-16-18-12(11)10-5-3-2-4-6-10/h2-8H,1H3,(H,16,18)(H,15,17,19). The first-order chi connectivity index (χ1) is 9.74. The predicted molar refractivity (Wildman–Crippen MR) is 78.8 cm³/mol. The minimum atomic E-state index is -0.216. The Morgan fingerprint density at radius 2 is 2.05 bits per heavy atom. The summed E-state index contributed by atoms with van der Waals surface area (Å²) in [5, 5.41) is 10.2. The molecule has 5 nitrogen and oxygen atoms in total. The fourth-order valence-corrected chi connectivity index (χ4v) is 2.52. The number of thiazole rings is 1. The number of aryl methyl sites for hydroxylation is 1. The quantitative estimate of drug-likeness (QED) is 0.776. The van der Waals surface area contributed by atoms with Gasteiger partial charge in [-0.3, -0.25) is 15.2 Å². The second-order valence-electron chi connectivity index (χ2n) is 4.25. The molecule has 2 aromatic heterocycles. The van der Waals surface area contributed by atoms with Crippen LogP contribution in [0.4, 0.5) is 5.13 Å². The summed E-state index contributed by atoms with van der Waals surface area (Å²) in [5.74, 6) is -0.216. The molecule has 0 aliphatic rings. The number of aromatic amines is 1. The normalized spacial score (nSPS) is 10.4. The van der Waals surface area contributed by atoms with Crippen molar-refractivity contribution in [3.63, 3.8) is 0 Å². The van der Waals surface area contributed by atoms with Crippen LogP contribution in [0.3, 0.4) is 0 Å². The van der Waals surface area contributed by atoms with E-state index in [1.807, 2.05) is 37.3 Å². The van der Waals surface area contributed by atoms with E-state index in [0.29, 0.717) is 16.4 Å². The monoisotopic (exact) mass is 284 g/mol. The molecule has 6 heteroatoms. The number of carbonyl (C=O) groups excluding carboxylic acids is 1. The molecule has 3 aromatic rings. The molecule has 0 radical (unpaired) electrons. The lowest BCUT2D eigenvalue weighted by Gasteiger charge is -2.03. The van der Waals surface area contributed by atoms with E-state index in [2.05, 4.69) is 20.5 Å². The summed E-state index contributed by atoms with van der Waals surface area (Å²) < 4.78 is 0. The highest BCUT2D eigenvalue weighted by Crippen LogP contribution is 2.23. The molecule has 2 N–H and O–H groups in total. The van der Waals surface area contributed by atoms with Gasteiger partial charge in [0.05, 0.1) is 17.5 Å². The van der Waals surface area contributed by atoms with Crippen molar-refractivity contribution in [2.75, 3.05) is 5.32 Å². The van der Waals surface area contributed by atoms with Crippen molar-refractivity contribution in [2.24, 2.45) is 0 Å². The first kappa shape index (κ1) is 12.6. The fraction of sp³-hybridized carbons (Fsp3) is 0.0714. The number of carbonyl (C=O) groups is 1. The van der Waals surface area contributed by atoms with Gasteiger partial charge in [0, 0.05) is 16.6 Å². The number of aromatic nitrogens is 3. The summed E-state index contributed by atoms with van der Waals surface area (Å²) in [6, 6.07) is 9.62. The molecule has 0 atom stereocenters. The van der Waals surface area contributed by atoms with Crippen molar-refractivity contribution in [3.05, 3.63) is 53.2 Å². The van der Waals surface area contributed by atoms with E-state index < -0.39 is 0 Å². The summed E-state index contributed by atoms with van der Waals surface area (Å²) in [6.45, 7) is 1.95. The van der Waals surface area contributed by atoms with E-state index in [1.54, 1.807) is 6.20 Å². The second-order valence-corrected chi connectivity index (χ2v) is 5.49. The fourth-order valence-electron chi connectivity index (χ4n) is 1.86. The molecule has 20 heavy (non-hydrogen) atoms. The van der Waals surface area contributed by atoms with E-state index in [9.17, 15) is 4.79 Å². The van der Waals surface area contributed by atoms with Crippen molar-refractivity contribution in [2.45, 2.75) is 6.92 Å². The third-order valence-corrected chi connectivity index (χ3v) is 3.62. The van der Waals surface area contributed by atoms with Gasteiger partial charge in [-0.25, -0.2) is 4.98 Å². The van der Waals surface area contributed by atoms with E-state index in [0.717, 1.165) is 10.4 Å². The van der Waals surface area contributed by atoms with E-state index >= 15 is 0 Å². The van der Waals surface area contributed by atoms with Gasteiger partial charge in [0.15, 0.2) is 5.13 Å². The molecule has 2 heterocycles. The molecule has 0 spiro atoms. The SMILES string of the molecule is Cc1cnc(NC(=O)c2cn[nH]c2-c2ccccc2)s1. The van der Waals surface area contributed by atoms with E-state index in [-0.39, 0.29) is 5.91 Å². The van der Waals surface area contributed by atoms with E-state index in [4.69, 9.17) is 0 Å². The van der Waals surface area contributed by atoms with Crippen molar-refractivity contribution in [3.8, 4) is 11.3 Å². The molecular formula is C14H12N4OS. The average molecular weight is 284 g/mol. The van der Waals surface area contributed by atoms with Gasteiger partial charge in [-0.1, -0.05) is 30.3 Å². The topological polar surface area (TPSA) is 70.7 Å². The molecule has 0 bridgehead atoms. The zero-order valence-corrected chi connectivity index (χ0v) is 11.6. The maximum absolute atomic E-state index is 12.3. The summed E-state index contributed by atoms with van der Waals surface area (Å²) in [4.78, 5) is 17.4. The maximum atomic E-state index is 12.3. The molecule has 0 aliphatic heterocycles. The average Bonchev–Trinajstić information content (AvgIpc) is 3.09. The van der Waals surface area contributed by atoms with Gasteiger partial charge in [-0.15, -0.1) is 11.3 Å². The van der Waals surface area contributed by atoms with Gasteiger partial charge in [-0.2, -0.15) is 5.10 Å². The van der Waals surface area contributed by atoms with Crippen LogP contribution in [0.1, 0.15) is 15.2 Å². The van der Waals surface area contributed by atoms with Crippen LogP contribution in [0, 0.1) is 6.92 Å².